The van der Waals surface area contributed by atoms with Gasteiger partial charge in [0.15, 0.2) is 0 Å². The monoisotopic (exact) mass is 218 g/mol. The van der Waals surface area contributed by atoms with Crippen LogP contribution in [0, 0.1) is 11.3 Å². The molecular weight excluding hydrogens is 196 g/mol. The molecule has 0 nitrogen and oxygen atoms in total. The predicted molar refractivity (Wildman–Crippen MR) is 66.6 cm³/mol. The van der Waals surface area contributed by atoms with Crippen LogP contribution in [0.2, 0.25) is 0 Å². The van der Waals surface area contributed by atoms with E-state index in [4.69, 9.17) is 0 Å². The fraction of sp³-hybridized carbons (Fsp3) is 1.00. The van der Waals surface area contributed by atoms with Crippen LogP contribution in [0.4, 0.5) is 0 Å². The maximum Gasteiger partial charge on any atom is 0.0525 e. The van der Waals surface area contributed by atoms with Crippen molar-refractivity contribution in [2.75, 3.05) is 11.5 Å². The second-order valence-electron chi connectivity index (χ2n) is 4.44. The summed E-state index contributed by atoms with van der Waals surface area (Å²) in [7, 11) is 0. The maximum atomic E-state index is 2.35. The first-order valence-electron chi connectivity index (χ1n) is 5.37. The summed E-state index contributed by atoms with van der Waals surface area (Å²) in [6.07, 6.45) is 2.71. The van der Waals surface area contributed by atoms with E-state index < -0.39 is 0 Å². The third-order valence-electron chi connectivity index (χ3n) is 3.15. The molecule has 0 aromatic heterocycles. The first kappa shape index (κ1) is 11.8. The topological polar surface area (TPSA) is 0 Å². The third kappa shape index (κ3) is 2.82. The molecule has 2 heteroatoms. The van der Waals surface area contributed by atoms with Crippen molar-refractivity contribution in [3.05, 3.63) is 0 Å². The van der Waals surface area contributed by atoms with Gasteiger partial charge in [-0.1, -0.05) is 27.7 Å². The Balaban J connectivity index is 2.45. The van der Waals surface area contributed by atoms with Crippen molar-refractivity contribution in [2.45, 2.75) is 45.1 Å². The molecule has 0 aliphatic carbocycles. The zero-order valence-electron chi connectivity index (χ0n) is 9.30. The van der Waals surface area contributed by atoms with Gasteiger partial charge in [0.1, 0.15) is 0 Å². The Labute approximate surface area is 91.6 Å². The highest BCUT2D eigenvalue weighted by Crippen LogP contribution is 2.46. The van der Waals surface area contributed by atoms with Gasteiger partial charge >= 0.3 is 0 Å². The molecule has 1 rings (SSSR count). The molecule has 1 aliphatic heterocycles. The lowest BCUT2D eigenvalue weighted by Crippen LogP contribution is -2.32. The summed E-state index contributed by atoms with van der Waals surface area (Å²) in [5, 5.41) is 0. The molecule has 0 amide bonds. The summed E-state index contributed by atoms with van der Waals surface area (Å²) in [4.78, 5) is 0. The van der Waals surface area contributed by atoms with E-state index in [2.05, 4.69) is 51.2 Å². The van der Waals surface area contributed by atoms with Crippen LogP contribution in [0.25, 0.3) is 0 Å². The van der Waals surface area contributed by atoms with Gasteiger partial charge in [0.2, 0.25) is 0 Å². The average molecular weight is 218 g/mol. The second kappa shape index (κ2) is 4.97. The molecule has 0 unspecified atom stereocenters. The van der Waals surface area contributed by atoms with E-state index in [0.29, 0.717) is 5.41 Å². The van der Waals surface area contributed by atoms with Crippen LogP contribution in [-0.2, 0) is 0 Å². The second-order valence-corrected chi connectivity index (χ2v) is 7.00. The molecule has 1 heterocycles. The lowest BCUT2D eigenvalue weighted by molar-refractivity contribution is 0.353. The van der Waals surface area contributed by atoms with Gasteiger partial charge in [-0.3, -0.25) is 0 Å². The molecule has 0 saturated carbocycles. The first-order valence-corrected chi connectivity index (χ1v) is 7.46. The first-order chi connectivity index (χ1) is 6.13. The zero-order chi connectivity index (χ0) is 9.90. The van der Waals surface area contributed by atoms with Crippen LogP contribution in [0.5, 0.6) is 0 Å². The van der Waals surface area contributed by atoms with Crippen LogP contribution in [0.3, 0.4) is 0 Å². The standard InChI is InChI=1S/C11H22S2/c1-5-11(6-2)7-12-10(9(3)4)13-8-11/h9-10H,5-8H2,1-4H3. The zero-order valence-corrected chi connectivity index (χ0v) is 10.9. The lowest BCUT2D eigenvalue weighted by atomic mass is 9.87. The van der Waals surface area contributed by atoms with Crippen LogP contribution in [-0.4, -0.2) is 16.1 Å². The Kier molecular flexibility index (Phi) is 4.50. The molecule has 0 aromatic carbocycles. The minimum atomic E-state index is 0.653. The van der Waals surface area contributed by atoms with E-state index in [1.165, 1.54) is 24.3 Å². The molecular formula is C11H22S2. The van der Waals surface area contributed by atoms with Gasteiger partial charge in [-0.05, 0) is 24.2 Å². The average Bonchev–Trinajstić information content (AvgIpc) is 2.18. The van der Waals surface area contributed by atoms with E-state index in [1.54, 1.807) is 0 Å². The quantitative estimate of drug-likeness (QED) is 0.694. The Bertz CT molecular complexity index is 140. The number of hydrogen-bond donors (Lipinski definition) is 0. The van der Waals surface area contributed by atoms with Crippen molar-refractivity contribution >= 4 is 23.5 Å². The Morgan fingerprint density at radius 3 is 1.92 bits per heavy atom. The van der Waals surface area contributed by atoms with E-state index in [0.717, 1.165) is 10.5 Å². The van der Waals surface area contributed by atoms with Crippen LogP contribution in [0.15, 0.2) is 0 Å². The molecule has 1 fully saturated rings. The summed E-state index contributed by atoms with van der Waals surface area (Å²) in [5.74, 6) is 3.60. The molecule has 0 aromatic rings. The van der Waals surface area contributed by atoms with Gasteiger partial charge in [0, 0.05) is 11.5 Å². The Morgan fingerprint density at radius 2 is 1.62 bits per heavy atom. The highest BCUT2D eigenvalue weighted by molar-refractivity contribution is 8.17. The molecule has 0 bridgehead atoms. The number of thioether (sulfide) groups is 2. The molecule has 0 N–H and O–H groups in total. The van der Waals surface area contributed by atoms with E-state index in [1.807, 2.05) is 0 Å². The molecule has 0 atom stereocenters. The molecule has 1 saturated heterocycles. The molecule has 0 radical (unpaired) electrons. The maximum absolute atomic E-state index is 2.35. The van der Waals surface area contributed by atoms with Crippen molar-refractivity contribution in [3.63, 3.8) is 0 Å². The summed E-state index contributed by atoms with van der Waals surface area (Å²) in [5.41, 5.74) is 0.653. The van der Waals surface area contributed by atoms with Crippen LogP contribution < -0.4 is 0 Å². The minimum absolute atomic E-state index is 0.653. The molecule has 78 valence electrons. The summed E-state index contributed by atoms with van der Waals surface area (Å²) >= 11 is 4.38. The van der Waals surface area contributed by atoms with Crippen LogP contribution in [0.1, 0.15) is 40.5 Å². The van der Waals surface area contributed by atoms with Gasteiger partial charge in [0.25, 0.3) is 0 Å². The highest BCUT2D eigenvalue weighted by Gasteiger charge is 2.33. The largest absolute Gasteiger partial charge is 0.147 e. The van der Waals surface area contributed by atoms with Crippen LogP contribution >= 0.6 is 23.5 Å². The number of rotatable bonds is 3. The molecule has 0 spiro atoms. The van der Waals surface area contributed by atoms with Crippen molar-refractivity contribution in [1.82, 2.24) is 0 Å². The van der Waals surface area contributed by atoms with Gasteiger partial charge in [-0.2, -0.15) is 0 Å². The smallest absolute Gasteiger partial charge is 0.0525 e. The SMILES string of the molecule is CCC1(CC)CSC(C(C)C)SC1. The normalized spacial score (nSPS) is 23.8. The Morgan fingerprint density at radius 1 is 1.15 bits per heavy atom. The molecule has 13 heavy (non-hydrogen) atoms. The van der Waals surface area contributed by atoms with Gasteiger partial charge < -0.3 is 0 Å². The predicted octanol–water partition coefficient (Wildman–Crippen LogP) is 4.25. The fourth-order valence-corrected chi connectivity index (χ4v) is 5.40. The van der Waals surface area contributed by atoms with Crippen molar-refractivity contribution in [1.29, 1.82) is 0 Å². The highest BCUT2D eigenvalue weighted by atomic mass is 32.2. The van der Waals surface area contributed by atoms with Crippen molar-refractivity contribution in [2.24, 2.45) is 11.3 Å². The lowest BCUT2D eigenvalue weighted by Gasteiger charge is -2.39. The van der Waals surface area contributed by atoms with E-state index >= 15 is 0 Å². The van der Waals surface area contributed by atoms with Gasteiger partial charge in [-0.25, -0.2) is 0 Å². The summed E-state index contributed by atoms with van der Waals surface area (Å²) in [6, 6.07) is 0. The van der Waals surface area contributed by atoms with E-state index in [9.17, 15) is 0 Å². The Hall–Kier alpha value is 0.700. The van der Waals surface area contributed by atoms with Gasteiger partial charge in [-0.15, -0.1) is 23.5 Å². The summed E-state index contributed by atoms with van der Waals surface area (Å²) in [6.45, 7) is 9.38. The van der Waals surface area contributed by atoms with Crippen molar-refractivity contribution < 1.29 is 0 Å². The summed E-state index contributed by atoms with van der Waals surface area (Å²) < 4.78 is 0.853. The molecule has 1 aliphatic rings. The van der Waals surface area contributed by atoms with Gasteiger partial charge in [0.05, 0.1) is 4.58 Å². The number of hydrogen-bond acceptors (Lipinski definition) is 2. The minimum Gasteiger partial charge on any atom is -0.147 e. The van der Waals surface area contributed by atoms with Crippen molar-refractivity contribution in [3.8, 4) is 0 Å². The van der Waals surface area contributed by atoms with E-state index in [-0.39, 0.29) is 0 Å². The fourth-order valence-electron chi connectivity index (χ4n) is 1.65. The third-order valence-corrected chi connectivity index (χ3v) is 7.27.